The standard InChI is InChI=1S/C14H9BrCl2FN3/c1-7-2-3-11-14(19-7)21(12(6-16)20-11)13-9(15)4-8(18)5-10(13)17/h2-5H,6H2,1H3. The zero-order chi connectivity index (χ0) is 15.1. The van der Waals surface area contributed by atoms with Gasteiger partial charge in [-0.2, -0.15) is 0 Å². The maximum Gasteiger partial charge on any atom is 0.165 e. The van der Waals surface area contributed by atoms with Gasteiger partial charge in [0.15, 0.2) is 5.65 Å². The fraction of sp³-hybridized carbons (Fsp3) is 0.143. The SMILES string of the molecule is Cc1ccc2nc(CCl)n(-c3c(Cl)cc(F)cc3Br)c2n1. The Morgan fingerprint density at radius 3 is 2.71 bits per heavy atom. The lowest BCUT2D eigenvalue weighted by Crippen LogP contribution is -2.03. The quantitative estimate of drug-likeness (QED) is 0.577. The number of halogens is 4. The molecule has 2 heterocycles. The number of aromatic nitrogens is 3. The molecule has 0 atom stereocenters. The van der Waals surface area contributed by atoms with Gasteiger partial charge < -0.3 is 0 Å². The number of imidazole rings is 1. The first kappa shape index (κ1) is 14.8. The van der Waals surface area contributed by atoms with Crippen LogP contribution in [0.4, 0.5) is 4.39 Å². The number of hydrogen-bond donors (Lipinski definition) is 0. The summed E-state index contributed by atoms with van der Waals surface area (Å²) >= 11 is 15.5. The van der Waals surface area contributed by atoms with Gasteiger partial charge in [0.1, 0.15) is 17.2 Å². The lowest BCUT2D eigenvalue weighted by atomic mass is 10.3. The van der Waals surface area contributed by atoms with Crippen LogP contribution < -0.4 is 0 Å². The zero-order valence-electron chi connectivity index (χ0n) is 10.9. The number of nitrogens with zero attached hydrogens (tertiary/aromatic N) is 3. The molecule has 1 aromatic carbocycles. The summed E-state index contributed by atoms with van der Waals surface area (Å²) in [5.74, 6) is 0.366. The van der Waals surface area contributed by atoms with E-state index in [-0.39, 0.29) is 10.9 Å². The van der Waals surface area contributed by atoms with Crippen LogP contribution in [0.1, 0.15) is 11.5 Å². The lowest BCUT2D eigenvalue weighted by molar-refractivity contribution is 0.626. The molecule has 0 aliphatic heterocycles. The molecule has 0 fully saturated rings. The summed E-state index contributed by atoms with van der Waals surface area (Å²) in [5.41, 5.74) is 2.77. The van der Waals surface area contributed by atoms with Crippen LogP contribution in [0.3, 0.4) is 0 Å². The van der Waals surface area contributed by atoms with E-state index in [1.165, 1.54) is 12.1 Å². The van der Waals surface area contributed by atoms with E-state index < -0.39 is 5.82 Å². The van der Waals surface area contributed by atoms with Gasteiger partial charge in [0.25, 0.3) is 0 Å². The summed E-state index contributed by atoms with van der Waals surface area (Å²) < 4.78 is 15.7. The molecule has 0 aliphatic carbocycles. The topological polar surface area (TPSA) is 30.7 Å². The molecule has 2 aromatic heterocycles. The molecule has 7 heteroatoms. The Balaban J connectivity index is 2.41. The van der Waals surface area contributed by atoms with Crippen molar-refractivity contribution >= 4 is 50.3 Å². The zero-order valence-corrected chi connectivity index (χ0v) is 14.0. The molecular weight excluding hydrogens is 380 g/mol. The Hall–Kier alpha value is -1.17. The second kappa shape index (κ2) is 5.55. The van der Waals surface area contributed by atoms with Crippen molar-refractivity contribution in [2.45, 2.75) is 12.8 Å². The maximum atomic E-state index is 13.4. The van der Waals surface area contributed by atoms with Gasteiger partial charge in [-0.05, 0) is 47.1 Å². The second-order valence-corrected chi connectivity index (χ2v) is 6.04. The Kier molecular flexibility index (Phi) is 3.90. The van der Waals surface area contributed by atoms with Crippen molar-refractivity contribution in [2.24, 2.45) is 0 Å². The van der Waals surface area contributed by atoms with E-state index in [1.54, 1.807) is 4.57 Å². The van der Waals surface area contributed by atoms with E-state index >= 15 is 0 Å². The molecule has 0 radical (unpaired) electrons. The molecule has 0 aliphatic rings. The van der Waals surface area contributed by atoms with Crippen LogP contribution in [0.2, 0.25) is 5.02 Å². The van der Waals surface area contributed by atoms with Crippen LogP contribution in [0.5, 0.6) is 0 Å². The largest absolute Gasteiger partial charge is 0.277 e. The van der Waals surface area contributed by atoms with Gasteiger partial charge in [0.05, 0.1) is 16.6 Å². The Labute approximate surface area is 138 Å². The highest BCUT2D eigenvalue weighted by Gasteiger charge is 2.18. The smallest absolute Gasteiger partial charge is 0.165 e. The Morgan fingerprint density at radius 2 is 2.05 bits per heavy atom. The molecule has 3 nitrogen and oxygen atoms in total. The number of alkyl halides is 1. The fourth-order valence-electron chi connectivity index (χ4n) is 2.17. The van der Waals surface area contributed by atoms with Crippen molar-refractivity contribution in [3.63, 3.8) is 0 Å². The molecule has 0 N–H and O–H groups in total. The van der Waals surface area contributed by atoms with E-state index in [1.807, 2.05) is 19.1 Å². The average molecular weight is 389 g/mol. The summed E-state index contributed by atoms with van der Waals surface area (Å²) in [4.78, 5) is 8.94. The molecule has 3 rings (SSSR count). The van der Waals surface area contributed by atoms with Gasteiger partial charge in [0, 0.05) is 10.2 Å². The Bertz CT molecular complexity index is 825. The van der Waals surface area contributed by atoms with E-state index in [4.69, 9.17) is 23.2 Å². The van der Waals surface area contributed by atoms with E-state index in [9.17, 15) is 4.39 Å². The summed E-state index contributed by atoms with van der Waals surface area (Å²) in [6, 6.07) is 6.34. The number of aryl methyl sites for hydroxylation is 1. The van der Waals surface area contributed by atoms with Crippen molar-refractivity contribution in [1.29, 1.82) is 0 Å². The van der Waals surface area contributed by atoms with Gasteiger partial charge in [-0.3, -0.25) is 4.57 Å². The molecule has 0 saturated carbocycles. The fourth-order valence-corrected chi connectivity index (χ4v) is 3.37. The number of fused-ring (bicyclic) bond motifs is 1. The minimum absolute atomic E-state index is 0.190. The van der Waals surface area contributed by atoms with Crippen LogP contribution in [0.25, 0.3) is 16.9 Å². The van der Waals surface area contributed by atoms with Crippen LogP contribution in [-0.4, -0.2) is 14.5 Å². The number of rotatable bonds is 2. The van der Waals surface area contributed by atoms with Crippen LogP contribution in [0.15, 0.2) is 28.7 Å². The summed E-state index contributed by atoms with van der Waals surface area (Å²) in [7, 11) is 0. The minimum Gasteiger partial charge on any atom is -0.277 e. The van der Waals surface area contributed by atoms with Crippen LogP contribution in [0, 0.1) is 12.7 Å². The molecule has 108 valence electrons. The molecule has 3 aromatic rings. The van der Waals surface area contributed by atoms with E-state index in [2.05, 4.69) is 25.9 Å². The molecular formula is C14H9BrCl2FN3. The summed E-state index contributed by atoms with van der Waals surface area (Å²) in [6.07, 6.45) is 0. The maximum absolute atomic E-state index is 13.4. The highest BCUT2D eigenvalue weighted by Crippen LogP contribution is 2.33. The molecule has 0 saturated heterocycles. The van der Waals surface area contributed by atoms with Crippen LogP contribution in [-0.2, 0) is 5.88 Å². The van der Waals surface area contributed by atoms with Crippen molar-refractivity contribution < 1.29 is 4.39 Å². The number of pyridine rings is 1. The number of hydrogen-bond acceptors (Lipinski definition) is 2. The number of benzene rings is 1. The first-order valence-electron chi connectivity index (χ1n) is 6.07. The normalized spacial score (nSPS) is 11.3. The van der Waals surface area contributed by atoms with E-state index in [0.29, 0.717) is 27.1 Å². The Morgan fingerprint density at radius 1 is 1.29 bits per heavy atom. The molecule has 0 bridgehead atoms. The first-order valence-corrected chi connectivity index (χ1v) is 7.77. The van der Waals surface area contributed by atoms with Gasteiger partial charge in [-0.15, -0.1) is 11.6 Å². The third kappa shape index (κ3) is 2.54. The third-order valence-electron chi connectivity index (χ3n) is 3.04. The van der Waals surface area contributed by atoms with Crippen molar-refractivity contribution in [3.05, 3.63) is 51.1 Å². The lowest BCUT2D eigenvalue weighted by Gasteiger charge is -2.12. The third-order valence-corrected chi connectivity index (χ3v) is 4.17. The predicted octanol–water partition coefficient (Wildman–Crippen LogP) is 5.02. The minimum atomic E-state index is -0.420. The highest BCUT2D eigenvalue weighted by molar-refractivity contribution is 9.10. The highest BCUT2D eigenvalue weighted by atomic mass is 79.9. The van der Waals surface area contributed by atoms with E-state index in [0.717, 1.165) is 5.69 Å². The molecule has 21 heavy (non-hydrogen) atoms. The molecule has 0 amide bonds. The van der Waals surface area contributed by atoms with Gasteiger partial charge >= 0.3 is 0 Å². The molecule has 0 unspecified atom stereocenters. The average Bonchev–Trinajstić information content (AvgIpc) is 2.76. The summed E-state index contributed by atoms with van der Waals surface area (Å²) in [6.45, 7) is 1.89. The summed E-state index contributed by atoms with van der Waals surface area (Å²) in [5, 5.41) is 0.260. The monoisotopic (exact) mass is 387 g/mol. The van der Waals surface area contributed by atoms with Crippen molar-refractivity contribution in [2.75, 3.05) is 0 Å². The second-order valence-electron chi connectivity index (χ2n) is 4.51. The van der Waals surface area contributed by atoms with Crippen molar-refractivity contribution in [3.8, 4) is 5.69 Å². The predicted molar refractivity (Wildman–Crippen MR) is 85.8 cm³/mol. The van der Waals surface area contributed by atoms with Gasteiger partial charge in [-0.25, -0.2) is 14.4 Å². The molecule has 0 spiro atoms. The van der Waals surface area contributed by atoms with Gasteiger partial charge in [0.2, 0.25) is 0 Å². The van der Waals surface area contributed by atoms with Gasteiger partial charge in [-0.1, -0.05) is 11.6 Å². The van der Waals surface area contributed by atoms with Crippen LogP contribution >= 0.6 is 39.1 Å². The first-order chi connectivity index (χ1) is 10.0. The van der Waals surface area contributed by atoms with Crippen molar-refractivity contribution in [1.82, 2.24) is 14.5 Å².